The Morgan fingerprint density at radius 2 is 2.00 bits per heavy atom. The van der Waals surface area contributed by atoms with Crippen LogP contribution in [0.5, 0.6) is 0 Å². The summed E-state index contributed by atoms with van der Waals surface area (Å²) in [5, 5.41) is 0. The Bertz CT molecular complexity index is 531. The van der Waals surface area contributed by atoms with Gasteiger partial charge in [-0.15, -0.1) is 0 Å². The number of carbonyl (C=O) groups is 2. The van der Waals surface area contributed by atoms with Gasteiger partial charge in [0.2, 0.25) is 0 Å². The summed E-state index contributed by atoms with van der Waals surface area (Å²) in [5.74, 6) is -0.236. The molecule has 0 radical (unpaired) electrons. The van der Waals surface area contributed by atoms with Gasteiger partial charge in [-0.3, -0.25) is 4.79 Å². The van der Waals surface area contributed by atoms with Gasteiger partial charge in [0, 0.05) is 18.4 Å². The molecule has 0 aromatic heterocycles. The first-order chi connectivity index (χ1) is 9.16. The molecule has 3 rings (SSSR count). The lowest BCUT2D eigenvalue weighted by Crippen LogP contribution is -2.39. The fourth-order valence-electron chi connectivity index (χ4n) is 4.79. The standard InChI is InChI=1S/C16H22O4/c1-8-6-10(19-9(2)17)12-13-11(8)14(18)20-16(13,5)7-15(12,3)4/h8,10,12H,6-7H2,1-5H3/t8-,10+,12-,16-/m1/s1. The predicted octanol–water partition coefficient (Wildman–Crippen LogP) is 2.62. The quantitative estimate of drug-likeness (QED) is 0.692. The van der Waals surface area contributed by atoms with E-state index in [0.717, 1.165) is 17.6 Å². The van der Waals surface area contributed by atoms with Gasteiger partial charge in [-0.05, 0) is 36.7 Å². The molecule has 0 bridgehead atoms. The Hall–Kier alpha value is -1.32. The lowest BCUT2D eigenvalue weighted by Gasteiger charge is -2.38. The van der Waals surface area contributed by atoms with Gasteiger partial charge in [-0.1, -0.05) is 20.8 Å². The van der Waals surface area contributed by atoms with Gasteiger partial charge in [0.05, 0.1) is 0 Å². The largest absolute Gasteiger partial charge is 0.462 e. The van der Waals surface area contributed by atoms with Crippen molar-refractivity contribution in [1.82, 2.24) is 0 Å². The van der Waals surface area contributed by atoms with E-state index in [2.05, 4.69) is 13.8 Å². The van der Waals surface area contributed by atoms with Crippen molar-refractivity contribution in [2.24, 2.45) is 17.3 Å². The molecule has 4 nitrogen and oxygen atoms in total. The van der Waals surface area contributed by atoms with Crippen LogP contribution in [0.4, 0.5) is 0 Å². The van der Waals surface area contributed by atoms with Crippen molar-refractivity contribution in [3.8, 4) is 0 Å². The monoisotopic (exact) mass is 278 g/mol. The summed E-state index contributed by atoms with van der Waals surface area (Å²) in [6.07, 6.45) is 1.35. The minimum absolute atomic E-state index is 0.0315. The number of ether oxygens (including phenoxy) is 2. The second kappa shape index (κ2) is 3.86. The van der Waals surface area contributed by atoms with Gasteiger partial charge in [0.1, 0.15) is 11.7 Å². The predicted molar refractivity (Wildman–Crippen MR) is 72.7 cm³/mol. The maximum Gasteiger partial charge on any atom is 0.335 e. The molecule has 0 saturated heterocycles. The molecule has 0 N–H and O–H groups in total. The summed E-state index contributed by atoms with van der Waals surface area (Å²) in [7, 11) is 0. The van der Waals surface area contributed by atoms with E-state index in [4.69, 9.17) is 9.47 Å². The lowest BCUT2D eigenvalue weighted by atomic mass is 9.69. The van der Waals surface area contributed by atoms with Gasteiger partial charge in [0.15, 0.2) is 0 Å². The molecule has 1 heterocycles. The van der Waals surface area contributed by atoms with Crippen LogP contribution < -0.4 is 0 Å². The third-order valence-corrected chi connectivity index (χ3v) is 5.11. The summed E-state index contributed by atoms with van der Waals surface area (Å²) < 4.78 is 11.3. The van der Waals surface area contributed by atoms with Crippen molar-refractivity contribution in [2.75, 3.05) is 0 Å². The van der Waals surface area contributed by atoms with Gasteiger partial charge >= 0.3 is 11.9 Å². The van der Waals surface area contributed by atoms with Crippen LogP contribution in [0.15, 0.2) is 11.1 Å². The van der Waals surface area contributed by atoms with Crippen molar-refractivity contribution < 1.29 is 19.1 Å². The van der Waals surface area contributed by atoms with Crippen LogP contribution in [-0.4, -0.2) is 23.6 Å². The molecule has 0 unspecified atom stereocenters. The molecule has 110 valence electrons. The topological polar surface area (TPSA) is 52.6 Å². The van der Waals surface area contributed by atoms with Gasteiger partial charge in [-0.25, -0.2) is 4.79 Å². The second-order valence-corrected chi connectivity index (χ2v) is 7.38. The zero-order chi connectivity index (χ0) is 14.9. The zero-order valence-corrected chi connectivity index (χ0v) is 12.8. The van der Waals surface area contributed by atoms with Crippen LogP contribution in [-0.2, 0) is 19.1 Å². The Balaban J connectivity index is 2.12. The smallest absolute Gasteiger partial charge is 0.335 e. The van der Waals surface area contributed by atoms with Gasteiger partial charge in [0.25, 0.3) is 0 Å². The Kier molecular flexibility index (Phi) is 2.64. The number of carbonyl (C=O) groups excluding carboxylic acids is 2. The Morgan fingerprint density at radius 1 is 1.35 bits per heavy atom. The number of esters is 2. The fourth-order valence-corrected chi connectivity index (χ4v) is 4.79. The van der Waals surface area contributed by atoms with Crippen LogP contribution >= 0.6 is 0 Å². The normalized spacial score (nSPS) is 41.5. The SMILES string of the molecule is CC(=O)O[C@H]1C[C@@H](C)C2=C3[C@@H]1C(C)(C)C[C@@]3(C)OC2=O. The summed E-state index contributed by atoms with van der Waals surface area (Å²) in [4.78, 5) is 23.6. The average molecular weight is 278 g/mol. The molecule has 4 heteroatoms. The summed E-state index contributed by atoms with van der Waals surface area (Å²) in [6.45, 7) is 9.82. The van der Waals surface area contributed by atoms with E-state index in [0.29, 0.717) is 6.42 Å². The van der Waals surface area contributed by atoms with Crippen LogP contribution in [0.2, 0.25) is 0 Å². The van der Waals surface area contributed by atoms with E-state index in [1.165, 1.54) is 6.92 Å². The lowest BCUT2D eigenvalue weighted by molar-refractivity contribution is -0.151. The fraction of sp³-hybridized carbons (Fsp3) is 0.750. The Labute approximate surface area is 119 Å². The van der Waals surface area contributed by atoms with E-state index in [1.54, 1.807) is 0 Å². The number of hydrogen-bond donors (Lipinski definition) is 0. The van der Waals surface area contributed by atoms with Crippen molar-refractivity contribution in [3.63, 3.8) is 0 Å². The van der Waals surface area contributed by atoms with Crippen LogP contribution in [0, 0.1) is 17.3 Å². The molecule has 20 heavy (non-hydrogen) atoms. The average Bonchev–Trinajstić information content (AvgIpc) is 2.58. The zero-order valence-electron chi connectivity index (χ0n) is 12.8. The first kappa shape index (κ1) is 13.7. The molecule has 4 atom stereocenters. The van der Waals surface area contributed by atoms with Gasteiger partial charge in [-0.2, -0.15) is 0 Å². The Morgan fingerprint density at radius 3 is 2.60 bits per heavy atom. The highest BCUT2D eigenvalue weighted by atomic mass is 16.6. The van der Waals surface area contributed by atoms with Gasteiger partial charge < -0.3 is 9.47 Å². The molecule has 1 fully saturated rings. The van der Waals surface area contributed by atoms with Crippen molar-refractivity contribution in [1.29, 1.82) is 0 Å². The molecular formula is C16H22O4. The highest BCUT2D eigenvalue weighted by Gasteiger charge is 2.63. The highest BCUT2D eigenvalue weighted by Crippen LogP contribution is 2.62. The molecule has 0 aromatic carbocycles. The maximum absolute atomic E-state index is 12.2. The third kappa shape index (κ3) is 1.66. The first-order valence-corrected chi connectivity index (χ1v) is 7.31. The summed E-state index contributed by atoms with van der Waals surface area (Å²) in [6, 6.07) is 0. The van der Waals surface area contributed by atoms with Crippen molar-refractivity contribution in [2.45, 2.75) is 59.2 Å². The first-order valence-electron chi connectivity index (χ1n) is 7.31. The van der Waals surface area contributed by atoms with E-state index < -0.39 is 5.60 Å². The third-order valence-electron chi connectivity index (χ3n) is 5.11. The number of hydrogen-bond acceptors (Lipinski definition) is 4. The van der Waals surface area contributed by atoms with Crippen LogP contribution in [0.25, 0.3) is 0 Å². The van der Waals surface area contributed by atoms with Crippen molar-refractivity contribution in [3.05, 3.63) is 11.1 Å². The van der Waals surface area contributed by atoms with E-state index in [-0.39, 0.29) is 35.3 Å². The molecular weight excluding hydrogens is 256 g/mol. The van der Waals surface area contributed by atoms with E-state index >= 15 is 0 Å². The van der Waals surface area contributed by atoms with E-state index in [9.17, 15) is 9.59 Å². The molecule has 2 aliphatic carbocycles. The molecule has 1 aliphatic heterocycles. The second-order valence-electron chi connectivity index (χ2n) is 7.38. The minimum Gasteiger partial charge on any atom is -0.462 e. The number of rotatable bonds is 1. The minimum atomic E-state index is -0.506. The van der Waals surface area contributed by atoms with Crippen molar-refractivity contribution >= 4 is 11.9 Å². The van der Waals surface area contributed by atoms with E-state index in [1.807, 2.05) is 13.8 Å². The molecule has 0 aromatic rings. The highest BCUT2D eigenvalue weighted by molar-refractivity contribution is 5.94. The van der Waals surface area contributed by atoms with Crippen LogP contribution in [0.3, 0.4) is 0 Å². The van der Waals surface area contributed by atoms with Crippen LogP contribution in [0.1, 0.15) is 47.5 Å². The molecule has 0 amide bonds. The molecule has 1 saturated carbocycles. The molecule has 3 aliphatic rings. The maximum atomic E-state index is 12.2. The molecule has 0 spiro atoms. The summed E-state index contributed by atoms with van der Waals surface area (Å²) in [5.41, 5.74) is 1.40. The summed E-state index contributed by atoms with van der Waals surface area (Å²) >= 11 is 0.